The van der Waals surface area contributed by atoms with Crippen LogP contribution in [0.4, 0.5) is 0 Å². The summed E-state index contributed by atoms with van der Waals surface area (Å²) in [5.74, 6) is -0.440. The van der Waals surface area contributed by atoms with Gasteiger partial charge in [0.15, 0.2) is 0 Å². The predicted octanol–water partition coefficient (Wildman–Crippen LogP) is 0.00470. The summed E-state index contributed by atoms with van der Waals surface area (Å²) >= 11 is 0. The molecule has 0 aliphatic rings. The maximum absolute atomic E-state index is 11.8. The van der Waals surface area contributed by atoms with E-state index in [4.69, 9.17) is 23.1 Å². The van der Waals surface area contributed by atoms with Crippen molar-refractivity contribution in [3.63, 3.8) is 0 Å². The molecule has 0 aliphatic carbocycles. The van der Waals surface area contributed by atoms with Crippen LogP contribution in [0.25, 0.3) is 0 Å². The van der Waals surface area contributed by atoms with Crippen molar-refractivity contribution in [2.45, 2.75) is 64.6 Å². The molecule has 0 saturated carbocycles. The second kappa shape index (κ2) is 9.70. The first kappa shape index (κ1) is 22.5. The highest BCUT2D eigenvalue weighted by Gasteiger charge is 2.48. The third kappa shape index (κ3) is 6.13. The summed E-state index contributed by atoms with van der Waals surface area (Å²) in [6.45, 7) is 13.2. The molecule has 0 rings (SSSR count). The topological polar surface area (TPSA) is 63.2 Å². The molecule has 2 atom stereocenters. The van der Waals surface area contributed by atoms with Gasteiger partial charge in [-0.05, 0) is 34.6 Å². The van der Waals surface area contributed by atoms with Crippen molar-refractivity contribution in [1.29, 1.82) is 0 Å². The van der Waals surface area contributed by atoms with Crippen molar-refractivity contribution in [2.24, 2.45) is 0 Å². The fourth-order valence-electron chi connectivity index (χ4n) is 2.16. The lowest BCUT2D eigenvalue weighted by Gasteiger charge is -2.45. The smallest absolute Gasteiger partial charge is 0.333 e. The van der Waals surface area contributed by atoms with E-state index >= 15 is 0 Å². The molecular formula is C15H32O6Si2. The molecule has 0 aliphatic heterocycles. The zero-order valence-electron chi connectivity index (χ0n) is 15.7. The molecule has 0 saturated heterocycles. The molecule has 0 radical (unpaired) electrons. The number of hydrogen-bond donors (Lipinski definition) is 0. The van der Waals surface area contributed by atoms with E-state index in [-0.39, 0.29) is 6.29 Å². The van der Waals surface area contributed by atoms with E-state index in [2.05, 4.69) is 6.58 Å². The van der Waals surface area contributed by atoms with Gasteiger partial charge in [0, 0.05) is 19.1 Å². The molecule has 0 heterocycles. The average Bonchev–Trinajstić information content (AvgIpc) is 2.50. The van der Waals surface area contributed by atoms with Crippen LogP contribution in [0.3, 0.4) is 0 Å². The number of carbonyl (C=O) groups is 1. The van der Waals surface area contributed by atoms with Crippen molar-refractivity contribution in [2.75, 3.05) is 13.7 Å². The van der Waals surface area contributed by atoms with Crippen LogP contribution in [0.15, 0.2) is 12.2 Å². The summed E-state index contributed by atoms with van der Waals surface area (Å²) in [5.41, 5.74) is -1.15. The Balaban J connectivity index is 4.92. The largest absolute Gasteiger partial charge is 0.456 e. The molecule has 0 amide bonds. The highest BCUT2D eigenvalue weighted by Crippen LogP contribution is 2.34. The Labute approximate surface area is 145 Å². The Bertz CT molecular complexity index is 397. The van der Waals surface area contributed by atoms with E-state index < -0.39 is 23.3 Å². The second-order valence-electron chi connectivity index (χ2n) is 6.19. The summed E-state index contributed by atoms with van der Waals surface area (Å²) < 4.78 is 27.8. The van der Waals surface area contributed by atoms with Gasteiger partial charge in [-0.25, -0.2) is 4.79 Å². The lowest BCUT2D eigenvalue weighted by Crippen LogP contribution is -2.59. The summed E-state index contributed by atoms with van der Waals surface area (Å²) in [7, 11) is 2.83. The third-order valence-corrected chi connectivity index (χ3v) is 5.42. The molecular weight excluding hydrogens is 332 g/mol. The van der Waals surface area contributed by atoms with Crippen molar-refractivity contribution < 1.29 is 27.9 Å². The molecule has 0 aromatic rings. The van der Waals surface area contributed by atoms with Gasteiger partial charge in [-0.1, -0.05) is 6.58 Å². The van der Waals surface area contributed by atoms with Gasteiger partial charge in [-0.3, -0.25) is 0 Å². The maximum Gasteiger partial charge on any atom is 0.333 e. The van der Waals surface area contributed by atoms with E-state index in [1.165, 1.54) is 0 Å². The first-order chi connectivity index (χ1) is 10.6. The van der Waals surface area contributed by atoms with E-state index in [1.807, 2.05) is 20.8 Å². The number of methoxy groups -OCH3 is 1. The summed E-state index contributed by atoms with van der Waals surface area (Å²) in [6.07, 6.45) is -0.0559. The molecule has 0 fully saturated rings. The fourth-order valence-corrected chi connectivity index (χ4v) is 3.40. The summed E-state index contributed by atoms with van der Waals surface area (Å²) in [5, 5.41) is 0. The van der Waals surface area contributed by atoms with Gasteiger partial charge in [0.2, 0.25) is 0 Å². The number of carbonyl (C=O) groups excluding carboxylic acids is 1. The molecule has 136 valence electrons. The summed E-state index contributed by atoms with van der Waals surface area (Å²) in [4.78, 5) is 11.8. The SMILES string of the molecule is C=C(C)C(=O)OC(C)C(C)(OC)C(C)(C)OCCC(O[SiH3])O[SiH3]. The van der Waals surface area contributed by atoms with Gasteiger partial charge >= 0.3 is 5.97 Å². The Morgan fingerprint density at radius 3 is 2.13 bits per heavy atom. The zero-order valence-corrected chi connectivity index (χ0v) is 19.7. The lowest BCUT2D eigenvalue weighted by atomic mass is 9.82. The Morgan fingerprint density at radius 1 is 1.22 bits per heavy atom. The van der Waals surface area contributed by atoms with Crippen LogP contribution in [0.2, 0.25) is 0 Å². The van der Waals surface area contributed by atoms with Crippen molar-refractivity contribution in [3.8, 4) is 0 Å². The molecule has 0 N–H and O–H groups in total. The number of rotatable bonds is 11. The van der Waals surface area contributed by atoms with Gasteiger partial charge < -0.3 is 23.1 Å². The molecule has 0 aromatic heterocycles. The molecule has 6 nitrogen and oxygen atoms in total. The van der Waals surface area contributed by atoms with Gasteiger partial charge in [-0.2, -0.15) is 0 Å². The highest BCUT2D eigenvalue weighted by atomic mass is 28.2. The number of ether oxygens (including phenoxy) is 3. The van der Waals surface area contributed by atoms with Crippen LogP contribution < -0.4 is 0 Å². The Morgan fingerprint density at radius 2 is 1.74 bits per heavy atom. The van der Waals surface area contributed by atoms with Crippen LogP contribution in [-0.2, 0) is 27.9 Å². The van der Waals surface area contributed by atoms with Gasteiger partial charge in [0.1, 0.15) is 39.0 Å². The zero-order chi connectivity index (χ0) is 18.3. The van der Waals surface area contributed by atoms with Crippen LogP contribution >= 0.6 is 0 Å². The molecule has 0 aromatic carbocycles. The van der Waals surface area contributed by atoms with E-state index in [9.17, 15) is 4.79 Å². The molecule has 0 spiro atoms. The molecule has 0 bridgehead atoms. The van der Waals surface area contributed by atoms with Crippen molar-refractivity contribution >= 4 is 26.9 Å². The Hall–Kier alpha value is -0.516. The van der Waals surface area contributed by atoms with E-state index in [0.717, 1.165) is 0 Å². The van der Waals surface area contributed by atoms with Gasteiger partial charge in [0.05, 0.1) is 12.2 Å². The second-order valence-corrected chi connectivity index (χ2v) is 7.13. The fraction of sp³-hybridized carbons (Fsp3) is 0.800. The monoisotopic (exact) mass is 364 g/mol. The molecule has 2 unspecified atom stereocenters. The minimum absolute atomic E-state index is 0.198. The van der Waals surface area contributed by atoms with Crippen molar-refractivity contribution in [3.05, 3.63) is 12.2 Å². The lowest BCUT2D eigenvalue weighted by molar-refractivity contribution is -0.222. The van der Waals surface area contributed by atoms with E-state index in [1.54, 1.807) is 21.0 Å². The van der Waals surface area contributed by atoms with Crippen LogP contribution in [0.5, 0.6) is 0 Å². The third-order valence-electron chi connectivity index (χ3n) is 4.37. The van der Waals surface area contributed by atoms with E-state index in [0.29, 0.717) is 39.6 Å². The van der Waals surface area contributed by atoms with Crippen LogP contribution in [-0.4, -0.2) is 64.3 Å². The number of esters is 1. The van der Waals surface area contributed by atoms with Gasteiger partial charge in [0.25, 0.3) is 0 Å². The standard InChI is InChI=1S/C15H32O6Si2/c1-10(2)13(16)19-11(3)15(6,17-7)14(4,5)18-9-8-12(20-22)21-23/h11-12H,1,8-9H2,2-7,22-23H3. The maximum atomic E-state index is 11.8. The quantitative estimate of drug-likeness (QED) is 0.223. The first-order valence-electron chi connectivity index (χ1n) is 7.66. The minimum atomic E-state index is -0.822. The molecule has 8 heteroatoms. The van der Waals surface area contributed by atoms with Crippen LogP contribution in [0, 0.1) is 0 Å². The average molecular weight is 365 g/mol. The Kier molecular flexibility index (Phi) is 9.48. The predicted molar refractivity (Wildman–Crippen MR) is 96.3 cm³/mol. The first-order valence-corrected chi connectivity index (χ1v) is 9.30. The van der Waals surface area contributed by atoms with Gasteiger partial charge in [-0.15, -0.1) is 0 Å². The highest BCUT2D eigenvalue weighted by molar-refractivity contribution is 5.99. The van der Waals surface area contributed by atoms with Crippen molar-refractivity contribution in [1.82, 2.24) is 0 Å². The minimum Gasteiger partial charge on any atom is -0.456 e. The summed E-state index contributed by atoms with van der Waals surface area (Å²) in [6, 6.07) is 0. The van der Waals surface area contributed by atoms with Crippen LogP contribution in [0.1, 0.15) is 41.0 Å². The normalized spacial score (nSPS) is 17.5. The number of hydrogen-bond acceptors (Lipinski definition) is 6. The molecule has 23 heavy (non-hydrogen) atoms.